The number of imide groups is 1. The van der Waals surface area contributed by atoms with Crippen LogP contribution in [0.1, 0.15) is 58.4 Å². The van der Waals surface area contributed by atoms with Crippen LogP contribution in [0.25, 0.3) is 0 Å². The van der Waals surface area contributed by atoms with E-state index >= 15 is 0 Å². The number of hydrogen-bond acceptors (Lipinski definition) is 6. The summed E-state index contributed by atoms with van der Waals surface area (Å²) in [5.41, 5.74) is 3.75. The molecule has 4 atom stereocenters. The van der Waals surface area contributed by atoms with E-state index in [1.165, 1.54) is 0 Å². The number of carbonyl (C=O) groups is 3. The van der Waals surface area contributed by atoms with Gasteiger partial charge >= 0.3 is 6.03 Å². The number of amides is 4. The van der Waals surface area contributed by atoms with Crippen molar-refractivity contribution < 1.29 is 23.9 Å². The summed E-state index contributed by atoms with van der Waals surface area (Å²) in [6, 6.07) is 30.8. The third-order valence-electron chi connectivity index (χ3n) is 8.94. The average Bonchev–Trinajstić information content (AvgIpc) is 3.50. The maximum atomic E-state index is 12.7. The molecule has 4 aromatic rings. The highest BCUT2D eigenvalue weighted by atomic mass is 32.1. The Balaban J connectivity index is 0.000000147. The molecule has 0 aliphatic carbocycles. The number of nitrogens with one attached hydrogen (secondary N) is 4. The first-order valence-corrected chi connectivity index (χ1v) is 15.5. The van der Waals surface area contributed by atoms with E-state index in [9.17, 15) is 14.4 Å². The van der Waals surface area contributed by atoms with Crippen molar-refractivity contribution in [3.63, 3.8) is 0 Å². The van der Waals surface area contributed by atoms with E-state index in [0.717, 1.165) is 33.6 Å². The fourth-order valence-corrected chi connectivity index (χ4v) is 6.95. The zero-order valence-corrected chi connectivity index (χ0v) is 26.1. The van der Waals surface area contributed by atoms with E-state index in [0.29, 0.717) is 29.3 Å². The van der Waals surface area contributed by atoms with Gasteiger partial charge in [0.25, 0.3) is 11.8 Å². The van der Waals surface area contributed by atoms with Gasteiger partial charge in [0.15, 0.2) is 16.2 Å². The second kappa shape index (κ2) is 11.3. The molecule has 8 rings (SSSR count). The fraction of sp³-hybridized carbons (Fsp3) is 0.222. The van der Waals surface area contributed by atoms with Gasteiger partial charge in [-0.1, -0.05) is 83.9 Å². The summed E-state index contributed by atoms with van der Waals surface area (Å²) in [6.07, 6.45) is 0.367. The molecule has 4 heterocycles. The highest BCUT2D eigenvalue weighted by Gasteiger charge is 2.54. The maximum Gasteiger partial charge on any atom is 0.322 e. The topological polar surface area (TPSA) is 118 Å². The largest absolute Gasteiger partial charge is 0.485 e. The minimum Gasteiger partial charge on any atom is -0.485 e. The lowest BCUT2D eigenvalue weighted by molar-refractivity contribution is -0.126. The first-order valence-electron chi connectivity index (χ1n) is 15.1. The van der Waals surface area contributed by atoms with E-state index in [1.807, 2.05) is 111 Å². The minimum absolute atomic E-state index is 0.112. The van der Waals surface area contributed by atoms with Crippen molar-refractivity contribution >= 4 is 35.2 Å². The molecular weight excluding hydrogens is 600 g/mol. The van der Waals surface area contributed by atoms with Crippen LogP contribution in [0.15, 0.2) is 97.1 Å². The van der Waals surface area contributed by atoms with E-state index in [-0.39, 0.29) is 24.0 Å². The molecule has 4 aliphatic rings. The number of ether oxygens (including phenoxy) is 2. The molecule has 4 amide bonds. The third kappa shape index (κ3) is 5.04. The molecule has 2 spiro atoms. The van der Waals surface area contributed by atoms with Gasteiger partial charge in [0.1, 0.15) is 23.7 Å². The van der Waals surface area contributed by atoms with Crippen molar-refractivity contribution in [3.05, 3.63) is 130 Å². The Kier molecular flexibility index (Phi) is 7.24. The molecule has 0 bridgehead atoms. The molecular formula is C36H32N4O5S. The molecule has 4 unspecified atom stereocenters. The summed E-state index contributed by atoms with van der Waals surface area (Å²) in [7, 11) is 0. The second-order valence-electron chi connectivity index (χ2n) is 12.1. The second-order valence-corrected chi connectivity index (χ2v) is 12.5. The lowest BCUT2D eigenvalue weighted by Gasteiger charge is -2.38. The Labute approximate surface area is 271 Å². The van der Waals surface area contributed by atoms with Crippen molar-refractivity contribution in [1.82, 2.24) is 21.3 Å². The number of thiocarbonyl (C=S) groups is 1. The highest BCUT2D eigenvalue weighted by molar-refractivity contribution is 7.80. The standard InChI is InChI=1S/C18H16N2O3.C18H16N2O2S/c1-11-7-8-14-13(9-11)18(16(21)19-17(22)20-18)10-15(23-14)12-5-3-2-4-6-12;1-11-7-8-14-13(9-11)18(16(21)19-17(23)20-18)10-15(22-14)12-5-3-2-4-6-12/h2-9,15H,10H2,1H3,(H2,19,20,21,22);2-9,15H,10H2,1H3,(H2,19,20,21,23). The van der Waals surface area contributed by atoms with Crippen molar-refractivity contribution in [3.8, 4) is 11.5 Å². The Morgan fingerprint density at radius 2 is 1.09 bits per heavy atom. The Hall–Kier alpha value is -5.22. The molecule has 9 nitrogen and oxygen atoms in total. The van der Waals surface area contributed by atoms with Gasteiger partial charge < -0.3 is 25.4 Å². The van der Waals surface area contributed by atoms with Crippen LogP contribution < -0.4 is 30.7 Å². The third-order valence-corrected chi connectivity index (χ3v) is 9.14. The zero-order chi connectivity index (χ0) is 32.1. The summed E-state index contributed by atoms with van der Waals surface area (Å²) >= 11 is 5.18. The first kappa shape index (κ1) is 29.5. The molecule has 4 aromatic carbocycles. The van der Waals surface area contributed by atoms with Crippen LogP contribution in [0.2, 0.25) is 0 Å². The SMILES string of the molecule is Cc1ccc2c(c1)C1(CC(c3ccccc3)O2)NC(=O)NC1=O.Cc1ccc2c(c1)C1(CC(c3ccccc3)O2)NC(=S)NC1=O. The summed E-state index contributed by atoms with van der Waals surface area (Å²) in [5.74, 6) is 0.924. The van der Waals surface area contributed by atoms with Crippen molar-refractivity contribution in [1.29, 1.82) is 0 Å². The molecule has 2 saturated heterocycles. The van der Waals surface area contributed by atoms with Gasteiger partial charge in [-0.05, 0) is 61.5 Å². The zero-order valence-electron chi connectivity index (χ0n) is 25.3. The van der Waals surface area contributed by atoms with Gasteiger partial charge in [-0.25, -0.2) is 4.79 Å². The lowest BCUT2D eigenvalue weighted by Crippen LogP contribution is -2.48. The molecule has 46 heavy (non-hydrogen) atoms. The quantitative estimate of drug-likeness (QED) is 0.176. The average molecular weight is 633 g/mol. The lowest BCUT2D eigenvalue weighted by atomic mass is 9.80. The van der Waals surface area contributed by atoms with E-state index in [2.05, 4.69) is 21.3 Å². The smallest absolute Gasteiger partial charge is 0.322 e. The monoisotopic (exact) mass is 632 g/mol. The van der Waals surface area contributed by atoms with Crippen LogP contribution in [0.4, 0.5) is 4.79 Å². The maximum absolute atomic E-state index is 12.7. The number of hydrogen-bond donors (Lipinski definition) is 4. The van der Waals surface area contributed by atoms with Gasteiger partial charge in [0, 0.05) is 24.0 Å². The molecule has 4 aliphatic heterocycles. The van der Waals surface area contributed by atoms with Crippen LogP contribution in [0, 0.1) is 13.8 Å². The number of fused-ring (bicyclic) bond motifs is 4. The fourth-order valence-electron chi connectivity index (χ4n) is 6.68. The van der Waals surface area contributed by atoms with Crippen LogP contribution in [-0.4, -0.2) is 23.0 Å². The Morgan fingerprint density at radius 1 is 0.630 bits per heavy atom. The minimum atomic E-state index is -1.07. The van der Waals surface area contributed by atoms with Crippen LogP contribution in [0.3, 0.4) is 0 Å². The predicted molar refractivity (Wildman–Crippen MR) is 175 cm³/mol. The van der Waals surface area contributed by atoms with Gasteiger partial charge in [0.05, 0.1) is 0 Å². The van der Waals surface area contributed by atoms with E-state index < -0.39 is 17.1 Å². The number of carbonyl (C=O) groups excluding carboxylic acids is 3. The first-order chi connectivity index (χ1) is 22.2. The molecule has 2 fully saturated rings. The number of rotatable bonds is 2. The van der Waals surface area contributed by atoms with Crippen LogP contribution in [0.5, 0.6) is 11.5 Å². The molecule has 0 aromatic heterocycles. The van der Waals surface area contributed by atoms with Gasteiger partial charge in [-0.15, -0.1) is 0 Å². The summed E-state index contributed by atoms with van der Waals surface area (Å²) < 4.78 is 12.3. The predicted octanol–water partition coefficient (Wildman–Crippen LogP) is 5.27. The highest BCUT2D eigenvalue weighted by Crippen LogP contribution is 2.47. The summed E-state index contributed by atoms with van der Waals surface area (Å²) in [6.45, 7) is 3.95. The van der Waals surface area contributed by atoms with Crippen LogP contribution in [-0.2, 0) is 20.7 Å². The van der Waals surface area contributed by atoms with Crippen molar-refractivity contribution in [2.24, 2.45) is 0 Å². The number of aryl methyl sites for hydroxylation is 2. The molecule has 232 valence electrons. The van der Waals surface area contributed by atoms with Gasteiger partial charge in [-0.3, -0.25) is 14.9 Å². The summed E-state index contributed by atoms with van der Waals surface area (Å²) in [4.78, 5) is 37.0. The van der Waals surface area contributed by atoms with E-state index in [1.54, 1.807) is 0 Å². The normalized spacial score (nSPS) is 25.5. The molecule has 4 N–H and O–H groups in total. The van der Waals surface area contributed by atoms with Crippen molar-refractivity contribution in [2.45, 2.75) is 50.0 Å². The number of benzene rings is 4. The Morgan fingerprint density at radius 3 is 1.50 bits per heavy atom. The molecule has 0 radical (unpaired) electrons. The molecule has 10 heteroatoms. The summed E-state index contributed by atoms with van der Waals surface area (Å²) in [5, 5.41) is 11.5. The molecule has 0 saturated carbocycles. The van der Waals surface area contributed by atoms with Crippen LogP contribution >= 0.6 is 12.2 Å². The van der Waals surface area contributed by atoms with Crippen molar-refractivity contribution in [2.75, 3.05) is 0 Å². The Bertz CT molecular complexity index is 1750. The van der Waals surface area contributed by atoms with Gasteiger partial charge in [0.2, 0.25) is 0 Å². The number of urea groups is 1. The van der Waals surface area contributed by atoms with E-state index in [4.69, 9.17) is 21.7 Å². The van der Waals surface area contributed by atoms with Gasteiger partial charge in [-0.2, -0.15) is 0 Å².